The maximum atomic E-state index is 12.8. The normalized spacial score (nSPS) is 19.2. The number of aromatic nitrogens is 1. The fourth-order valence-electron chi connectivity index (χ4n) is 2.78. The number of hydrogen-bond donors (Lipinski definition) is 3. The summed E-state index contributed by atoms with van der Waals surface area (Å²) < 4.78 is 28.2. The number of aryl methyl sites for hydroxylation is 1. The summed E-state index contributed by atoms with van der Waals surface area (Å²) in [7, 11) is -2.23. The molecule has 134 valence electrons. The summed E-state index contributed by atoms with van der Waals surface area (Å²) in [6.45, 7) is 1.15. The van der Waals surface area contributed by atoms with E-state index in [1.54, 1.807) is 7.05 Å². The van der Waals surface area contributed by atoms with Gasteiger partial charge >= 0.3 is 0 Å². The van der Waals surface area contributed by atoms with Crippen LogP contribution in [-0.4, -0.2) is 55.3 Å². The third-order valence-electron chi connectivity index (χ3n) is 4.07. The van der Waals surface area contributed by atoms with Crippen molar-refractivity contribution < 1.29 is 18.0 Å². The molecule has 9 nitrogen and oxygen atoms in total. The number of carbonyl (C=O) groups excluding carboxylic acids is 2. The van der Waals surface area contributed by atoms with Gasteiger partial charge in [-0.05, 0) is 18.9 Å². The van der Waals surface area contributed by atoms with Crippen LogP contribution < -0.4 is 16.8 Å². The summed E-state index contributed by atoms with van der Waals surface area (Å²) in [6, 6.07) is 1.26. The summed E-state index contributed by atoms with van der Waals surface area (Å²) >= 11 is 0. The van der Waals surface area contributed by atoms with Gasteiger partial charge in [-0.1, -0.05) is 0 Å². The van der Waals surface area contributed by atoms with Crippen molar-refractivity contribution in [2.24, 2.45) is 24.4 Å². The molecule has 2 rings (SSSR count). The molecule has 1 aliphatic rings. The van der Waals surface area contributed by atoms with E-state index >= 15 is 0 Å². The number of nitrogens with zero attached hydrogens (tertiary/aromatic N) is 2. The molecule has 1 aliphatic heterocycles. The maximum Gasteiger partial charge on any atom is 0.265 e. The van der Waals surface area contributed by atoms with Gasteiger partial charge in [0.2, 0.25) is 15.9 Å². The molecule has 0 aliphatic carbocycles. The number of carbonyl (C=O) groups is 2. The molecule has 1 fully saturated rings. The maximum absolute atomic E-state index is 12.8. The van der Waals surface area contributed by atoms with Crippen molar-refractivity contribution in [2.45, 2.75) is 17.7 Å². The molecule has 0 saturated carbocycles. The fourth-order valence-corrected chi connectivity index (χ4v) is 4.38. The molecule has 2 heterocycles. The van der Waals surface area contributed by atoms with E-state index in [4.69, 9.17) is 11.5 Å². The molecule has 5 N–H and O–H groups in total. The van der Waals surface area contributed by atoms with Gasteiger partial charge in [0.1, 0.15) is 10.6 Å². The van der Waals surface area contributed by atoms with Gasteiger partial charge < -0.3 is 21.4 Å². The standard InChI is InChI=1S/C14H23N5O4S/c1-18-9-11(7-12(18)13(16)20)24(22,23)19-6-2-3-10(8-19)14(21)17-5-4-15/h7,9-10H,2-6,8,15H2,1H3,(H2,16,20)(H,17,21). The number of hydrogen-bond acceptors (Lipinski definition) is 5. The highest BCUT2D eigenvalue weighted by molar-refractivity contribution is 7.89. The summed E-state index contributed by atoms with van der Waals surface area (Å²) in [6.07, 6.45) is 2.58. The number of amides is 2. The predicted octanol–water partition coefficient (Wildman–Crippen LogP) is -1.40. The quantitative estimate of drug-likeness (QED) is 0.574. The highest BCUT2D eigenvalue weighted by Crippen LogP contribution is 2.25. The molecule has 1 atom stereocenters. The molecule has 1 aromatic heterocycles. The van der Waals surface area contributed by atoms with Crippen LogP contribution in [0.4, 0.5) is 0 Å². The molecule has 0 spiro atoms. The lowest BCUT2D eigenvalue weighted by Crippen LogP contribution is -2.46. The van der Waals surface area contributed by atoms with Crippen molar-refractivity contribution in [3.63, 3.8) is 0 Å². The van der Waals surface area contributed by atoms with Crippen LogP contribution in [0.5, 0.6) is 0 Å². The number of nitrogens with two attached hydrogens (primary N) is 2. The Morgan fingerprint density at radius 3 is 2.71 bits per heavy atom. The van der Waals surface area contributed by atoms with Crippen molar-refractivity contribution in [3.8, 4) is 0 Å². The van der Waals surface area contributed by atoms with Crippen molar-refractivity contribution >= 4 is 21.8 Å². The van der Waals surface area contributed by atoms with Crippen LogP contribution in [0.1, 0.15) is 23.3 Å². The lowest BCUT2D eigenvalue weighted by atomic mass is 9.99. The van der Waals surface area contributed by atoms with Gasteiger partial charge in [0, 0.05) is 39.4 Å². The second-order valence-electron chi connectivity index (χ2n) is 5.82. The van der Waals surface area contributed by atoms with Crippen LogP contribution in [0.3, 0.4) is 0 Å². The topological polar surface area (TPSA) is 141 Å². The number of sulfonamides is 1. The van der Waals surface area contributed by atoms with E-state index in [9.17, 15) is 18.0 Å². The second kappa shape index (κ2) is 7.32. The van der Waals surface area contributed by atoms with Crippen LogP contribution in [-0.2, 0) is 21.9 Å². The third kappa shape index (κ3) is 3.77. The first-order chi connectivity index (χ1) is 11.3. The number of piperidine rings is 1. The lowest BCUT2D eigenvalue weighted by molar-refractivity contribution is -0.126. The number of nitrogens with one attached hydrogen (secondary N) is 1. The van der Waals surface area contributed by atoms with Crippen LogP contribution >= 0.6 is 0 Å². The van der Waals surface area contributed by atoms with Gasteiger partial charge in [0.15, 0.2) is 0 Å². The Hall–Kier alpha value is -1.91. The molecule has 1 unspecified atom stereocenters. The molecule has 10 heteroatoms. The van der Waals surface area contributed by atoms with E-state index in [1.807, 2.05) is 0 Å². The molecular weight excluding hydrogens is 334 g/mol. The average molecular weight is 357 g/mol. The van der Waals surface area contributed by atoms with Gasteiger partial charge in [-0.3, -0.25) is 9.59 Å². The van der Waals surface area contributed by atoms with Gasteiger partial charge in [-0.2, -0.15) is 4.31 Å². The Labute approximate surface area is 141 Å². The highest BCUT2D eigenvalue weighted by atomic mass is 32.2. The molecule has 24 heavy (non-hydrogen) atoms. The number of rotatable bonds is 6. The van der Waals surface area contributed by atoms with Crippen LogP contribution in [0.2, 0.25) is 0 Å². The van der Waals surface area contributed by atoms with Crippen LogP contribution in [0.15, 0.2) is 17.2 Å². The first kappa shape index (κ1) is 18.4. The molecule has 1 saturated heterocycles. The van der Waals surface area contributed by atoms with Gasteiger partial charge in [0.05, 0.1) is 5.92 Å². The molecular formula is C14H23N5O4S. The minimum Gasteiger partial charge on any atom is -0.364 e. The van der Waals surface area contributed by atoms with Gasteiger partial charge in [-0.15, -0.1) is 0 Å². The van der Waals surface area contributed by atoms with E-state index < -0.39 is 21.8 Å². The van der Waals surface area contributed by atoms with Gasteiger partial charge in [-0.25, -0.2) is 8.42 Å². The Morgan fingerprint density at radius 2 is 2.12 bits per heavy atom. The van der Waals surface area contributed by atoms with Crippen LogP contribution in [0, 0.1) is 5.92 Å². The zero-order valence-electron chi connectivity index (χ0n) is 13.6. The first-order valence-electron chi connectivity index (χ1n) is 7.71. The fraction of sp³-hybridized carbons (Fsp3) is 0.571. The van der Waals surface area contributed by atoms with E-state index in [0.717, 1.165) is 0 Å². The zero-order valence-corrected chi connectivity index (χ0v) is 14.4. The Morgan fingerprint density at radius 1 is 1.42 bits per heavy atom. The van der Waals surface area contributed by atoms with E-state index in [-0.39, 0.29) is 23.0 Å². The third-order valence-corrected chi connectivity index (χ3v) is 5.90. The largest absolute Gasteiger partial charge is 0.364 e. The van der Waals surface area contributed by atoms with E-state index in [2.05, 4.69) is 5.32 Å². The summed E-state index contributed by atoms with van der Waals surface area (Å²) in [5, 5.41) is 2.69. The zero-order chi connectivity index (χ0) is 17.9. The van der Waals surface area contributed by atoms with Gasteiger partial charge in [0.25, 0.3) is 5.91 Å². The highest BCUT2D eigenvalue weighted by Gasteiger charge is 2.34. The predicted molar refractivity (Wildman–Crippen MR) is 87.5 cm³/mol. The molecule has 0 radical (unpaired) electrons. The molecule has 0 bridgehead atoms. The monoisotopic (exact) mass is 357 g/mol. The molecule has 2 amide bonds. The van der Waals surface area contributed by atoms with Crippen molar-refractivity contribution in [2.75, 3.05) is 26.2 Å². The van der Waals surface area contributed by atoms with E-state index in [0.29, 0.717) is 32.5 Å². The molecule has 0 aromatic carbocycles. The first-order valence-corrected chi connectivity index (χ1v) is 9.15. The minimum absolute atomic E-state index is 0.00168. The summed E-state index contributed by atoms with van der Waals surface area (Å²) in [4.78, 5) is 23.4. The van der Waals surface area contributed by atoms with Crippen molar-refractivity contribution in [1.82, 2.24) is 14.2 Å². The Bertz CT molecular complexity index is 728. The minimum atomic E-state index is -3.78. The van der Waals surface area contributed by atoms with Crippen LogP contribution in [0.25, 0.3) is 0 Å². The summed E-state index contributed by atoms with van der Waals surface area (Å²) in [5.41, 5.74) is 10.7. The van der Waals surface area contributed by atoms with Crippen molar-refractivity contribution in [1.29, 1.82) is 0 Å². The molecule has 1 aromatic rings. The number of primary amides is 1. The van der Waals surface area contributed by atoms with Crippen molar-refractivity contribution in [3.05, 3.63) is 18.0 Å². The SMILES string of the molecule is Cn1cc(S(=O)(=O)N2CCCC(C(=O)NCCN)C2)cc1C(N)=O. The lowest BCUT2D eigenvalue weighted by Gasteiger charge is -2.30. The average Bonchev–Trinajstić information content (AvgIpc) is 2.95. The second-order valence-corrected chi connectivity index (χ2v) is 7.76. The Kier molecular flexibility index (Phi) is 5.62. The summed E-state index contributed by atoms with van der Waals surface area (Å²) in [5.74, 6) is -1.29. The Balaban J connectivity index is 2.18. The smallest absolute Gasteiger partial charge is 0.265 e. The van der Waals surface area contributed by atoms with E-state index in [1.165, 1.54) is 21.1 Å².